The van der Waals surface area contributed by atoms with Gasteiger partial charge in [-0.25, -0.2) is 4.57 Å². The van der Waals surface area contributed by atoms with Crippen molar-refractivity contribution in [3.8, 4) is 0 Å². The zero-order valence-electron chi connectivity index (χ0n) is 37.7. The monoisotopic (exact) mass is 857 g/mol. The minimum atomic E-state index is -4.64. The summed E-state index contributed by atoms with van der Waals surface area (Å²) in [7, 11) is -4.64. The lowest BCUT2D eigenvalue weighted by molar-refractivity contribution is -0.153. The fourth-order valence-corrected chi connectivity index (χ4v) is 7.39. The van der Waals surface area contributed by atoms with Crippen LogP contribution in [-0.2, 0) is 32.7 Å². The number of phosphoric ester groups is 1. The summed E-state index contributed by atoms with van der Waals surface area (Å²) in [6, 6.07) is 0. The van der Waals surface area contributed by atoms with Crippen molar-refractivity contribution >= 4 is 19.8 Å². The predicted molar refractivity (Wildman–Crippen MR) is 242 cm³/mol. The van der Waals surface area contributed by atoms with Crippen LogP contribution in [0.1, 0.15) is 219 Å². The molecule has 0 rings (SSSR count). The number of unbranched alkanes of at least 4 members (excludes halogenated alkanes) is 25. The molecule has 0 aliphatic carbocycles. The molecular weight excluding hydrogens is 767 g/mol. The van der Waals surface area contributed by atoms with Crippen molar-refractivity contribution in [2.75, 3.05) is 26.4 Å². The summed E-state index contributed by atoms with van der Waals surface area (Å²) < 4.78 is 32.7. The average molecular weight is 857 g/mol. The normalized spacial score (nSPS) is 14.1. The van der Waals surface area contributed by atoms with Crippen molar-refractivity contribution in [1.29, 1.82) is 0 Å². The van der Waals surface area contributed by atoms with Gasteiger partial charge in [-0.2, -0.15) is 0 Å². The minimum Gasteiger partial charge on any atom is -0.457 e. The molecule has 0 saturated heterocycles. The molecule has 0 fully saturated rings. The zero-order chi connectivity index (χ0) is 43.3. The van der Waals surface area contributed by atoms with Crippen molar-refractivity contribution in [3.63, 3.8) is 0 Å². The number of hydrogen-bond acceptors (Lipinski definition) is 9. The molecule has 0 amide bonds. The van der Waals surface area contributed by atoms with Crippen LogP contribution in [0.2, 0.25) is 0 Å². The Bertz CT molecular complexity index is 1080. The summed E-state index contributed by atoms with van der Waals surface area (Å²) >= 11 is 0. The van der Waals surface area contributed by atoms with Crippen LogP contribution in [0, 0.1) is 0 Å². The molecule has 11 heteroatoms. The van der Waals surface area contributed by atoms with Crippen LogP contribution in [0.25, 0.3) is 0 Å². The largest absolute Gasteiger partial charge is 0.472 e. The van der Waals surface area contributed by atoms with E-state index < -0.39 is 58.4 Å². The molecular formula is C48H89O10P. The molecule has 346 valence electrons. The van der Waals surface area contributed by atoms with E-state index in [4.69, 9.17) is 18.5 Å². The van der Waals surface area contributed by atoms with Crippen molar-refractivity contribution in [1.82, 2.24) is 0 Å². The van der Waals surface area contributed by atoms with Gasteiger partial charge in [-0.3, -0.25) is 18.6 Å². The predicted octanol–water partition coefficient (Wildman–Crippen LogP) is 13.1. The number of aliphatic hydroxyl groups is 2. The maximum absolute atomic E-state index is 12.4. The van der Waals surface area contributed by atoms with Crippen molar-refractivity contribution in [3.05, 3.63) is 36.5 Å². The lowest BCUT2D eigenvalue weighted by Gasteiger charge is -2.20. The van der Waals surface area contributed by atoms with Crippen LogP contribution in [0.4, 0.5) is 0 Å². The zero-order valence-corrected chi connectivity index (χ0v) is 38.6. The van der Waals surface area contributed by atoms with Gasteiger partial charge < -0.3 is 24.6 Å². The molecule has 0 saturated carbocycles. The molecule has 3 unspecified atom stereocenters. The molecule has 3 N–H and O–H groups in total. The number of esters is 2. The van der Waals surface area contributed by atoms with E-state index in [2.05, 4.69) is 50.3 Å². The van der Waals surface area contributed by atoms with E-state index in [1.165, 1.54) is 128 Å². The Morgan fingerprint density at radius 3 is 1.10 bits per heavy atom. The van der Waals surface area contributed by atoms with E-state index in [0.29, 0.717) is 12.8 Å². The van der Waals surface area contributed by atoms with Gasteiger partial charge >= 0.3 is 19.8 Å². The highest BCUT2D eigenvalue weighted by molar-refractivity contribution is 7.47. The Labute approximate surface area is 361 Å². The van der Waals surface area contributed by atoms with E-state index in [1.807, 2.05) is 0 Å². The van der Waals surface area contributed by atoms with Gasteiger partial charge in [-0.1, -0.05) is 172 Å². The maximum atomic E-state index is 12.4. The SMILES string of the molecule is CCCCC/C=C\C/C=C\CCCCCCCCCC(=O)OC(CO)COP(=O)(O)OCC(CO)OC(=O)CCCCCCCCCCC/C=C\CCCCCCCC. The van der Waals surface area contributed by atoms with Crippen molar-refractivity contribution in [2.24, 2.45) is 0 Å². The van der Waals surface area contributed by atoms with E-state index >= 15 is 0 Å². The molecule has 0 radical (unpaired) electrons. The molecule has 0 heterocycles. The number of aliphatic hydroxyl groups excluding tert-OH is 2. The number of carbonyl (C=O) groups excluding carboxylic acids is 2. The van der Waals surface area contributed by atoms with E-state index in [9.17, 15) is 29.3 Å². The first-order chi connectivity index (χ1) is 28.8. The molecule has 0 bridgehead atoms. The Morgan fingerprint density at radius 2 is 0.746 bits per heavy atom. The summed E-state index contributed by atoms with van der Waals surface area (Å²) in [5, 5.41) is 19.2. The lowest BCUT2D eigenvalue weighted by atomic mass is 10.1. The van der Waals surface area contributed by atoms with Gasteiger partial charge in [0.2, 0.25) is 0 Å². The quantitative estimate of drug-likeness (QED) is 0.0234. The second-order valence-electron chi connectivity index (χ2n) is 16.1. The summed E-state index contributed by atoms with van der Waals surface area (Å²) in [5.41, 5.74) is 0. The number of ether oxygens (including phenoxy) is 2. The first-order valence-electron chi connectivity index (χ1n) is 23.9. The highest BCUT2D eigenvalue weighted by Gasteiger charge is 2.27. The summed E-state index contributed by atoms with van der Waals surface area (Å²) in [4.78, 5) is 34.6. The number of allylic oxidation sites excluding steroid dienone is 6. The topological polar surface area (TPSA) is 149 Å². The Kier molecular flexibility index (Phi) is 42.9. The second-order valence-corrected chi connectivity index (χ2v) is 17.5. The number of phosphoric acid groups is 1. The van der Waals surface area contributed by atoms with Crippen molar-refractivity contribution in [2.45, 2.75) is 232 Å². The average Bonchev–Trinajstić information content (AvgIpc) is 3.22. The molecule has 59 heavy (non-hydrogen) atoms. The molecule has 0 aliphatic rings. The van der Waals surface area contributed by atoms with Gasteiger partial charge in [0.1, 0.15) is 12.2 Å². The van der Waals surface area contributed by atoms with E-state index in [0.717, 1.165) is 51.4 Å². The van der Waals surface area contributed by atoms with E-state index in [-0.39, 0.29) is 12.8 Å². The lowest BCUT2D eigenvalue weighted by Crippen LogP contribution is -2.28. The molecule has 0 spiro atoms. The molecule has 3 atom stereocenters. The summed E-state index contributed by atoms with van der Waals surface area (Å²) in [5.74, 6) is -1.02. The first-order valence-corrected chi connectivity index (χ1v) is 25.4. The molecule has 0 aliphatic heterocycles. The highest BCUT2D eigenvalue weighted by Crippen LogP contribution is 2.43. The molecule has 10 nitrogen and oxygen atoms in total. The first kappa shape index (κ1) is 57.2. The Morgan fingerprint density at radius 1 is 0.458 bits per heavy atom. The van der Waals surface area contributed by atoms with Crippen LogP contribution in [0.15, 0.2) is 36.5 Å². The van der Waals surface area contributed by atoms with Crippen LogP contribution in [0.5, 0.6) is 0 Å². The van der Waals surface area contributed by atoms with Crippen molar-refractivity contribution < 1.29 is 47.8 Å². The molecule has 0 aromatic rings. The van der Waals surface area contributed by atoms with Crippen LogP contribution >= 0.6 is 7.82 Å². The van der Waals surface area contributed by atoms with Gasteiger partial charge in [-0.05, 0) is 70.6 Å². The number of rotatable bonds is 45. The molecule has 0 aromatic heterocycles. The Balaban J connectivity index is 3.88. The maximum Gasteiger partial charge on any atom is 0.472 e. The van der Waals surface area contributed by atoms with Gasteiger partial charge in [0.25, 0.3) is 0 Å². The van der Waals surface area contributed by atoms with Crippen LogP contribution in [0.3, 0.4) is 0 Å². The van der Waals surface area contributed by atoms with E-state index in [1.54, 1.807) is 0 Å². The fraction of sp³-hybridized carbons (Fsp3) is 0.833. The smallest absolute Gasteiger partial charge is 0.457 e. The van der Waals surface area contributed by atoms with Gasteiger partial charge in [0, 0.05) is 12.8 Å². The standard InChI is InChI=1S/C48H89O10P/c1-3-5-7-9-11-13-15-17-19-21-22-24-26-28-30-32-34-36-38-40-48(52)58-46(42-50)44-56-59(53,54)55-43-45(41-49)57-47(51)39-37-35-33-31-29-27-25-23-20-18-16-14-12-10-8-6-4-2/h12,14,17-20,45-46,49-50H,3-11,13,15-16,21-44H2,1-2H3,(H,53,54)/b14-12-,19-17-,20-18-. The molecule has 0 aromatic carbocycles. The summed E-state index contributed by atoms with van der Waals surface area (Å²) in [6.45, 7) is 2.19. The van der Waals surface area contributed by atoms with Gasteiger partial charge in [-0.15, -0.1) is 0 Å². The highest BCUT2D eigenvalue weighted by atomic mass is 31.2. The minimum absolute atomic E-state index is 0.184. The van der Waals surface area contributed by atoms with Crippen LogP contribution < -0.4 is 0 Å². The second kappa shape index (κ2) is 44.3. The van der Waals surface area contributed by atoms with Crippen LogP contribution in [-0.4, -0.2) is 65.7 Å². The number of hydrogen-bond donors (Lipinski definition) is 3. The van der Waals surface area contributed by atoms with Gasteiger partial charge in [0.15, 0.2) is 0 Å². The number of carbonyl (C=O) groups is 2. The third kappa shape index (κ3) is 42.7. The Hall–Kier alpha value is -1.81. The van der Waals surface area contributed by atoms with Gasteiger partial charge in [0.05, 0.1) is 26.4 Å². The fourth-order valence-electron chi connectivity index (χ4n) is 6.61. The summed E-state index contributed by atoms with van der Waals surface area (Å²) in [6.07, 6.45) is 46.8. The third-order valence-corrected chi connectivity index (χ3v) is 11.3. The third-order valence-electron chi connectivity index (χ3n) is 10.3.